The minimum absolute atomic E-state index is 0.315. The Morgan fingerprint density at radius 2 is 1.88 bits per heavy atom. The van der Waals surface area contributed by atoms with Crippen LogP contribution >= 0.6 is 0 Å². The van der Waals surface area contributed by atoms with Gasteiger partial charge in [-0.2, -0.15) is 0 Å². The third kappa shape index (κ3) is 1.69. The molecule has 0 spiro atoms. The summed E-state index contributed by atoms with van der Waals surface area (Å²) in [7, 11) is 0. The average Bonchev–Trinajstić information content (AvgIpc) is 2.31. The minimum Gasteiger partial charge on any atom is -0.313 e. The van der Waals surface area contributed by atoms with Gasteiger partial charge in [0.25, 0.3) is 5.56 Å². The average molecular weight is 215 g/mol. The van der Waals surface area contributed by atoms with Gasteiger partial charge in [-0.05, 0) is 25.5 Å². The maximum absolute atomic E-state index is 11.9. The van der Waals surface area contributed by atoms with E-state index in [1.165, 1.54) is 6.20 Å². The molecule has 1 aromatic carbocycles. The molecule has 16 heavy (non-hydrogen) atoms. The van der Waals surface area contributed by atoms with Crippen LogP contribution in [-0.4, -0.2) is 9.55 Å². The predicted molar refractivity (Wildman–Crippen MR) is 61.7 cm³/mol. The Bertz CT molecular complexity index is 596. The first-order valence-corrected chi connectivity index (χ1v) is 4.92. The molecule has 0 fully saturated rings. The number of nitrogens with zero attached hydrogens (tertiary/aromatic N) is 1. The number of aromatic amines is 1. The summed E-state index contributed by atoms with van der Waals surface area (Å²) < 4.78 is 1.11. The van der Waals surface area contributed by atoms with Gasteiger partial charge in [-0.25, -0.2) is 9.36 Å². The molecule has 0 saturated heterocycles. The molecule has 0 bridgehead atoms. The summed E-state index contributed by atoms with van der Waals surface area (Å²) in [5.74, 6) is 0. The Morgan fingerprint density at radius 1 is 1.19 bits per heavy atom. The molecule has 2 rings (SSSR count). The molecule has 81 valence electrons. The van der Waals surface area contributed by atoms with Crippen molar-refractivity contribution in [2.45, 2.75) is 6.42 Å². The number of para-hydroxylation sites is 1. The summed E-state index contributed by atoms with van der Waals surface area (Å²) >= 11 is 0. The zero-order valence-corrected chi connectivity index (χ0v) is 8.64. The molecule has 0 aliphatic carbocycles. The van der Waals surface area contributed by atoms with Gasteiger partial charge in [-0.15, -0.1) is 0 Å². The number of aromatic nitrogens is 2. The highest BCUT2D eigenvalue weighted by atomic mass is 16.2. The number of rotatable bonds is 2. The fourth-order valence-electron chi connectivity index (χ4n) is 1.50. The molecular weight excluding hydrogens is 204 g/mol. The first-order chi connectivity index (χ1) is 7.74. The van der Waals surface area contributed by atoms with Crippen molar-refractivity contribution in [2.75, 3.05) is 0 Å². The normalized spacial score (nSPS) is 10.3. The quantitative estimate of drug-likeness (QED) is 0.809. The van der Waals surface area contributed by atoms with Crippen LogP contribution in [0.2, 0.25) is 0 Å². The Hall–Kier alpha value is -2.10. The molecule has 1 aromatic heterocycles. The van der Waals surface area contributed by atoms with Crippen molar-refractivity contribution < 1.29 is 0 Å². The fourth-order valence-corrected chi connectivity index (χ4v) is 1.50. The summed E-state index contributed by atoms with van der Waals surface area (Å²) in [6.07, 6.45) is 1.76. The second-order valence-corrected chi connectivity index (χ2v) is 3.35. The lowest BCUT2D eigenvalue weighted by molar-refractivity contribution is 0.850. The fraction of sp³-hybridized carbons (Fsp3) is 0.0833. The van der Waals surface area contributed by atoms with Gasteiger partial charge in [-0.1, -0.05) is 18.2 Å². The molecule has 2 aromatic rings. The third-order valence-electron chi connectivity index (χ3n) is 2.33. The summed E-state index contributed by atoms with van der Waals surface area (Å²) in [5, 5.41) is 0. The van der Waals surface area contributed by atoms with E-state index in [0.717, 1.165) is 4.57 Å². The maximum atomic E-state index is 11.9. The highest BCUT2D eigenvalue weighted by Gasteiger charge is 2.06. The van der Waals surface area contributed by atoms with E-state index in [9.17, 15) is 9.59 Å². The van der Waals surface area contributed by atoms with Crippen molar-refractivity contribution >= 4 is 0 Å². The lowest BCUT2D eigenvalue weighted by Gasteiger charge is -2.05. The van der Waals surface area contributed by atoms with Gasteiger partial charge in [0.05, 0.1) is 5.69 Å². The maximum Gasteiger partial charge on any atom is 0.332 e. The number of benzene rings is 1. The Labute approximate surface area is 92.2 Å². The zero-order valence-electron chi connectivity index (χ0n) is 8.64. The van der Waals surface area contributed by atoms with Crippen LogP contribution in [0.1, 0.15) is 5.56 Å². The van der Waals surface area contributed by atoms with Gasteiger partial charge in [0, 0.05) is 11.8 Å². The predicted octanol–water partition coefficient (Wildman–Crippen LogP) is 0.902. The Balaban J connectivity index is 2.75. The molecule has 0 atom stereocenters. The first-order valence-electron chi connectivity index (χ1n) is 4.92. The standard InChI is InChI=1S/C12H11N2O2/c1-2-9-8-13-12(16)14(11(9)15)10-6-4-3-5-7-10/h3-8H,1-2H2,(H,13,16). The highest BCUT2D eigenvalue weighted by molar-refractivity contribution is 5.31. The molecule has 4 nitrogen and oxygen atoms in total. The van der Waals surface area contributed by atoms with E-state index in [1.807, 2.05) is 6.07 Å². The van der Waals surface area contributed by atoms with Gasteiger partial charge in [0.2, 0.25) is 0 Å². The largest absolute Gasteiger partial charge is 0.332 e. The number of nitrogens with one attached hydrogen (secondary N) is 1. The molecule has 0 aliphatic heterocycles. The van der Waals surface area contributed by atoms with Crippen molar-refractivity contribution in [3.8, 4) is 5.69 Å². The van der Waals surface area contributed by atoms with Gasteiger partial charge in [0.1, 0.15) is 0 Å². The molecule has 1 heterocycles. The van der Waals surface area contributed by atoms with Crippen molar-refractivity contribution in [1.29, 1.82) is 0 Å². The van der Waals surface area contributed by atoms with Crippen LogP contribution in [0, 0.1) is 6.92 Å². The number of hydrogen-bond donors (Lipinski definition) is 1. The molecule has 4 heteroatoms. The van der Waals surface area contributed by atoms with Crippen molar-refractivity contribution in [3.63, 3.8) is 0 Å². The van der Waals surface area contributed by atoms with E-state index in [2.05, 4.69) is 11.9 Å². The van der Waals surface area contributed by atoms with Gasteiger partial charge < -0.3 is 4.98 Å². The Kier molecular flexibility index (Phi) is 2.72. The zero-order chi connectivity index (χ0) is 11.5. The summed E-state index contributed by atoms with van der Waals surface area (Å²) in [6, 6.07) is 8.80. The third-order valence-corrected chi connectivity index (χ3v) is 2.33. The molecule has 0 unspecified atom stereocenters. The lowest BCUT2D eigenvalue weighted by Crippen LogP contribution is -2.35. The number of H-pyrrole nitrogens is 1. The SMILES string of the molecule is [CH2]Cc1c[nH]c(=O)n(-c2ccccc2)c1=O. The second-order valence-electron chi connectivity index (χ2n) is 3.35. The van der Waals surface area contributed by atoms with Crippen LogP contribution in [0.25, 0.3) is 5.69 Å². The molecule has 0 amide bonds. The van der Waals surface area contributed by atoms with Gasteiger partial charge in [0.15, 0.2) is 0 Å². The van der Waals surface area contributed by atoms with Gasteiger partial charge >= 0.3 is 5.69 Å². The van der Waals surface area contributed by atoms with E-state index in [-0.39, 0.29) is 5.56 Å². The topological polar surface area (TPSA) is 54.9 Å². The summed E-state index contributed by atoms with van der Waals surface area (Å²) in [5.41, 5.74) is 0.297. The molecule has 0 saturated carbocycles. The van der Waals surface area contributed by atoms with Crippen molar-refractivity contribution in [1.82, 2.24) is 9.55 Å². The van der Waals surface area contributed by atoms with Gasteiger partial charge in [-0.3, -0.25) is 4.79 Å². The first kappa shape index (κ1) is 10.4. The van der Waals surface area contributed by atoms with Crippen LogP contribution in [0.5, 0.6) is 0 Å². The van der Waals surface area contributed by atoms with E-state index in [4.69, 9.17) is 0 Å². The minimum atomic E-state index is -0.437. The van der Waals surface area contributed by atoms with E-state index < -0.39 is 5.69 Å². The van der Waals surface area contributed by atoms with Crippen LogP contribution in [0.15, 0.2) is 46.1 Å². The van der Waals surface area contributed by atoms with Crippen molar-refractivity contribution in [3.05, 3.63) is 69.9 Å². The molecule has 1 radical (unpaired) electrons. The van der Waals surface area contributed by atoms with E-state index in [0.29, 0.717) is 17.7 Å². The molecular formula is C12H11N2O2. The van der Waals surface area contributed by atoms with E-state index in [1.54, 1.807) is 24.3 Å². The summed E-state index contributed by atoms with van der Waals surface area (Å²) in [6.45, 7) is 3.65. The Morgan fingerprint density at radius 3 is 2.50 bits per heavy atom. The monoisotopic (exact) mass is 215 g/mol. The molecule has 1 N–H and O–H groups in total. The highest BCUT2D eigenvalue weighted by Crippen LogP contribution is 2.00. The van der Waals surface area contributed by atoms with Crippen LogP contribution in [-0.2, 0) is 6.42 Å². The van der Waals surface area contributed by atoms with Crippen LogP contribution < -0.4 is 11.2 Å². The second kappa shape index (κ2) is 4.18. The smallest absolute Gasteiger partial charge is 0.313 e. The van der Waals surface area contributed by atoms with Crippen LogP contribution in [0.4, 0.5) is 0 Å². The number of hydrogen-bond acceptors (Lipinski definition) is 2. The molecule has 0 aliphatic rings. The van der Waals surface area contributed by atoms with Crippen molar-refractivity contribution in [2.24, 2.45) is 0 Å². The lowest BCUT2D eigenvalue weighted by atomic mass is 10.2. The summed E-state index contributed by atoms with van der Waals surface area (Å²) in [4.78, 5) is 26.0. The van der Waals surface area contributed by atoms with E-state index >= 15 is 0 Å². The van der Waals surface area contributed by atoms with Crippen LogP contribution in [0.3, 0.4) is 0 Å².